The Bertz CT molecular complexity index is 843. The van der Waals surface area contributed by atoms with E-state index in [-0.39, 0.29) is 11.8 Å². The van der Waals surface area contributed by atoms with Gasteiger partial charge in [-0.25, -0.2) is 0 Å². The van der Waals surface area contributed by atoms with Crippen molar-refractivity contribution < 1.29 is 4.79 Å². The number of nitrogens with one attached hydrogen (secondary N) is 1. The monoisotopic (exact) mass is 336 g/mol. The van der Waals surface area contributed by atoms with E-state index < -0.39 is 5.54 Å². The van der Waals surface area contributed by atoms with Gasteiger partial charge >= 0.3 is 0 Å². The van der Waals surface area contributed by atoms with Gasteiger partial charge < -0.3 is 16.0 Å². The van der Waals surface area contributed by atoms with Crippen molar-refractivity contribution >= 4 is 23.0 Å². The van der Waals surface area contributed by atoms with Crippen molar-refractivity contribution in [1.29, 1.82) is 5.41 Å². The first kappa shape index (κ1) is 16.2. The Morgan fingerprint density at radius 2 is 2.16 bits per heavy atom. The van der Waals surface area contributed by atoms with Crippen LogP contribution >= 0.6 is 0 Å². The van der Waals surface area contributed by atoms with Crippen molar-refractivity contribution in [3.63, 3.8) is 0 Å². The van der Waals surface area contributed by atoms with Crippen molar-refractivity contribution in [2.45, 2.75) is 37.6 Å². The Kier molecular flexibility index (Phi) is 3.84. The summed E-state index contributed by atoms with van der Waals surface area (Å²) >= 11 is 0. The number of carbonyl (C=O) groups excluding carboxylic acids is 1. The maximum atomic E-state index is 12.7. The number of amides is 1. The van der Waals surface area contributed by atoms with Crippen LogP contribution in [0.2, 0.25) is 0 Å². The van der Waals surface area contributed by atoms with Crippen LogP contribution in [0.25, 0.3) is 10.9 Å². The second kappa shape index (κ2) is 5.92. The smallest absolute Gasteiger partial charge is 0.242 e. The fraction of sp³-hybridized carbons (Fsp3) is 0.450. The molecule has 0 spiro atoms. The van der Waals surface area contributed by atoms with Crippen molar-refractivity contribution in [3.05, 3.63) is 41.6 Å². The van der Waals surface area contributed by atoms with Gasteiger partial charge in [0.15, 0.2) is 0 Å². The summed E-state index contributed by atoms with van der Waals surface area (Å²) in [5, 5.41) is 8.69. The average Bonchev–Trinajstić information content (AvgIpc) is 3.38. The average molecular weight is 336 g/mol. The first-order valence-corrected chi connectivity index (χ1v) is 8.98. The Hall–Kier alpha value is -2.27. The number of aromatic nitrogens is 1. The molecule has 3 N–H and O–H groups in total. The number of nitrogens with zero attached hydrogens (tertiary/aromatic N) is 2. The van der Waals surface area contributed by atoms with Gasteiger partial charge in [-0.05, 0) is 36.8 Å². The molecule has 1 amide bonds. The minimum atomic E-state index is -0.602. The molecule has 1 aliphatic heterocycles. The Morgan fingerprint density at radius 1 is 1.36 bits per heavy atom. The Morgan fingerprint density at radius 3 is 2.88 bits per heavy atom. The highest BCUT2D eigenvalue weighted by molar-refractivity contribution is 5.98. The summed E-state index contributed by atoms with van der Waals surface area (Å²) in [5.74, 6) is 0.836. The molecule has 1 saturated heterocycles. The van der Waals surface area contributed by atoms with Crippen LogP contribution in [0.15, 0.2) is 30.5 Å². The number of benzene rings is 1. The molecule has 130 valence electrons. The zero-order valence-electron chi connectivity index (χ0n) is 14.5. The minimum absolute atomic E-state index is 0.114. The fourth-order valence-electron chi connectivity index (χ4n) is 4.10. The lowest BCUT2D eigenvalue weighted by Gasteiger charge is -2.38. The summed E-state index contributed by atoms with van der Waals surface area (Å²) in [5.41, 5.74) is 8.47. The summed E-state index contributed by atoms with van der Waals surface area (Å²) in [4.78, 5) is 19.2. The maximum Gasteiger partial charge on any atom is 0.242 e. The molecule has 0 bridgehead atoms. The lowest BCUT2D eigenvalue weighted by Crippen LogP contribution is -2.50. The van der Waals surface area contributed by atoms with Gasteiger partial charge in [-0.1, -0.05) is 25.1 Å². The standard InChI is InChI=1S/C20H24N4O/c1-13-9-15(12-24(11-13)19(25)20(22)6-7-20)16-5-4-14(10-21)18-17(16)3-2-8-23-18/h2-5,8,10,13,15,21H,6-7,9,11-12,22H2,1H3/t13-,15+/m1/s1. The SMILES string of the molecule is C[C@@H]1C[C@H](c2ccc(C=N)c3ncccc23)CN(C(=O)C2(N)CC2)C1. The number of pyridine rings is 1. The first-order valence-electron chi connectivity index (χ1n) is 8.98. The van der Waals surface area contributed by atoms with E-state index in [9.17, 15) is 4.79 Å². The molecule has 2 aromatic rings. The fourth-order valence-corrected chi connectivity index (χ4v) is 4.10. The van der Waals surface area contributed by atoms with Gasteiger partial charge in [0.2, 0.25) is 5.91 Å². The van der Waals surface area contributed by atoms with Crippen LogP contribution in [-0.2, 0) is 4.79 Å². The van der Waals surface area contributed by atoms with Gasteiger partial charge in [-0.15, -0.1) is 0 Å². The summed E-state index contributed by atoms with van der Waals surface area (Å²) < 4.78 is 0. The van der Waals surface area contributed by atoms with Crippen LogP contribution in [0.3, 0.4) is 0 Å². The molecule has 4 rings (SSSR count). The van der Waals surface area contributed by atoms with E-state index in [1.54, 1.807) is 6.20 Å². The molecule has 1 aliphatic carbocycles. The second-order valence-corrected chi connectivity index (χ2v) is 7.69. The largest absolute Gasteiger partial charge is 0.340 e. The van der Waals surface area contributed by atoms with E-state index in [2.05, 4.69) is 24.0 Å². The molecular weight excluding hydrogens is 312 g/mol. The van der Waals surface area contributed by atoms with Gasteiger partial charge in [0.25, 0.3) is 0 Å². The number of rotatable bonds is 3. The van der Waals surface area contributed by atoms with Gasteiger partial charge in [0.05, 0.1) is 11.1 Å². The normalized spacial score (nSPS) is 25.0. The molecule has 2 aliphatic rings. The third-order valence-corrected chi connectivity index (χ3v) is 5.59. The van der Waals surface area contributed by atoms with Crippen LogP contribution in [-0.4, -0.2) is 40.6 Å². The van der Waals surface area contributed by atoms with E-state index in [0.29, 0.717) is 5.92 Å². The molecule has 25 heavy (non-hydrogen) atoms. The zero-order chi connectivity index (χ0) is 17.6. The van der Waals surface area contributed by atoms with Crippen LogP contribution in [0.4, 0.5) is 0 Å². The number of fused-ring (bicyclic) bond motifs is 1. The molecule has 0 radical (unpaired) electrons. The van der Waals surface area contributed by atoms with Crippen molar-refractivity contribution in [2.75, 3.05) is 13.1 Å². The zero-order valence-corrected chi connectivity index (χ0v) is 14.5. The lowest BCUT2D eigenvalue weighted by atomic mass is 9.83. The molecule has 2 heterocycles. The predicted octanol–water partition coefficient (Wildman–Crippen LogP) is 2.68. The maximum absolute atomic E-state index is 12.7. The van der Waals surface area contributed by atoms with E-state index in [1.807, 2.05) is 17.0 Å². The molecule has 2 atom stereocenters. The second-order valence-electron chi connectivity index (χ2n) is 7.69. The van der Waals surface area contributed by atoms with Crippen molar-refractivity contribution in [3.8, 4) is 0 Å². The number of hydrogen-bond donors (Lipinski definition) is 2. The van der Waals surface area contributed by atoms with Gasteiger partial charge in [0, 0.05) is 42.4 Å². The highest BCUT2D eigenvalue weighted by Crippen LogP contribution is 2.39. The molecular formula is C20H24N4O. The van der Waals surface area contributed by atoms with Crippen LogP contribution in [0.1, 0.15) is 43.2 Å². The number of nitrogens with two attached hydrogens (primary N) is 1. The molecule has 5 heteroatoms. The third-order valence-electron chi connectivity index (χ3n) is 5.59. The Balaban J connectivity index is 1.70. The first-order chi connectivity index (χ1) is 12.0. The molecule has 0 unspecified atom stereocenters. The van der Waals surface area contributed by atoms with E-state index in [4.69, 9.17) is 11.1 Å². The van der Waals surface area contributed by atoms with E-state index in [1.165, 1.54) is 11.8 Å². The third kappa shape index (κ3) is 2.82. The van der Waals surface area contributed by atoms with E-state index in [0.717, 1.165) is 48.8 Å². The van der Waals surface area contributed by atoms with Crippen LogP contribution in [0, 0.1) is 11.3 Å². The lowest BCUT2D eigenvalue weighted by molar-refractivity contribution is -0.135. The highest BCUT2D eigenvalue weighted by atomic mass is 16.2. The summed E-state index contributed by atoms with van der Waals surface area (Å²) in [6, 6.07) is 8.08. The number of piperidine rings is 1. The quantitative estimate of drug-likeness (QED) is 0.845. The highest BCUT2D eigenvalue weighted by Gasteiger charge is 2.49. The van der Waals surface area contributed by atoms with Gasteiger partial charge in [-0.2, -0.15) is 0 Å². The van der Waals surface area contributed by atoms with Gasteiger partial charge in [0.1, 0.15) is 0 Å². The Labute approximate surface area is 147 Å². The topological polar surface area (TPSA) is 83.1 Å². The summed E-state index contributed by atoms with van der Waals surface area (Å²) in [6.45, 7) is 3.72. The number of hydrogen-bond acceptors (Lipinski definition) is 4. The van der Waals surface area contributed by atoms with Crippen LogP contribution < -0.4 is 5.73 Å². The molecule has 2 fully saturated rings. The molecule has 5 nitrogen and oxygen atoms in total. The molecule has 1 saturated carbocycles. The van der Waals surface area contributed by atoms with Crippen LogP contribution in [0.5, 0.6) is 0 Å². The van der Waals surface area contributed by atoms with Crippen molar-refractivity contribution in [1.82, 2.24) is 9.88 Å². The summed E-state index contributed by atoms with van der Waals surface area (Å²) in [7, 11) is 0. The number of carbonyl (C=O) groups is 1. The minimum Gasteiger partial charge on any atom is -0.340 e. The molecule has 1 aromatic carbocycles. The molecule has 1 aromatic heterocycles. The number of likely N-dealkylation sites (tertiary alicyclic amines) is 1. The predicted molar refractivity (Wildman–Crippen MR) is 98.9 cm³/mol. The van der Waals surface area contributed by atoms with Crippen molar-refractivity contribution in [2.24, 2.45) is 11.7 Å². The van der Waals surface area contributed by atoms with E-state index >= 15 is 0 Å². The van der Waals surface area contributed by atoms with Gasteiger partial charge in [-0.3, -0.25) is 9.78 Å². The summed E-state index contributed by atoms with van der Waals surface area (Å²) in [6.07, 6.45) is 5.78.